The molecule has 0 aliphatic rings. The molecular formula is C19H30F3IN4O2. The van der Waals surface area contributed by atoms with Crippen LogP contribution >= 0.6 is 24.0 Å². The van der Waals surface area contributed by atoms with Gasteiger partial charge in [-0.05, 0) is 26.8 Å². The molecular weight excluding hydrogens is 500 g/mol. The van der Waals surface area contributed by atoms with Crippen LogP contribution in [0.1, 0.15) is 26.3 Å². The number of carbonyl (C=O) groups excluding carboxylic acids is 1. The maximum atomic E-state index is 12.4. The number of likely N-dealkylation sites (N-methyl/N-ethyl adjacent to an activating group) is 2. The second-order valence-corrected chi connectivity index (χ2v) is 6.10. The predicted octanol–water partition coefficient (Wildman–Crippen LogP) is 3.51. The number of alkyl halides is 3. The number of hydrogen-bond acceptors (Lipinski definition) is 3. The molecule has 0 saturated carbocycles. The maximum Gasteiger partial charge on any atom is 0.422 e. The van der Waals surface area contributed by atoms with Crippen molar-refractivity contribution in [3.63, 3.8) is 0 Å². The van der Waals surface area contributed by atoms with E-state index in [2.05, 4.69) is 10.3 Å². The first kappa shape index (κ1) is 27.3. The number of nitrogens with zero attached hydrogens (tertiary/aromatic N) is 3. The van der Waals surface area contributed by atoms with E-state index >= 15 is 0 Å². The van der Waals surface area contributed by atoms with Gasteiger partial charge >= 0.3 is 6.18 Å². The Labute approximate surface area is 187 Å². The van der Waals surface area contributed by atoms with E-state index in [0.29, 0.717) is 31.2 Å². The summed E-state index contributed by atoms with van der Waals surface area (Å²) in [5.74, 6) is 0.613. The first-order chi connectivity index (χ1) is 13.2. The van der Waals surface area contributed by atoms with E-state index in [1.807, 2.05) is 20.8 Å². The summed E-state index contributed by atoms with van der Waals surface area (Å²) in [6, 6.07) is 6.47. The highest BCUT2D eigenvalue weighted by Gasteiger charge is 2.28. The lowest BCUT2D eigenvalue weighted by Crippen LogP contribution is -2.45. The number of rotatable bonds is 9. The van der Waals surface area contributed by atoms with E-state index in [1.54, 1.807) is 35.0 Å². The van der Waals surface area contributed by atoms with Crippen molar-refractivity contribution >= 4 is 35.8 Å². The molecule has 29 heavy (non-hydrogen) atoms. The lowest BCUT2D eigenvalue weighted by molar-refractivity contribution is -0.153. The zero-order valence-corrected chi connectivity index (χ0v) is 19.6. The highest BCUT2D eigenvalue weighted by Crippen LogP contribution is 2.22. The fourth-order valence-electron chi connectivity index (χ4n) is 2.52. The first-order valence-electron chi connectivity index (χ1n) is 9.26. The average Bonchev–Trinajstić information content (AvgIpc) is 2.64. The van der Waals surface area contributed by atoms with Crippen LogP contribution in [0, 0.1) is 0 Å². The van der Waals surface area contributed by atoms with Crippen LogP contribution in [0.5, 0.6) is 5.75 Å². The molecule has 6 nitrogen and oxygen atoms in total. The number of amides is 1. The van der Waals surface area contributed by atoms with Crippen molar-refractivity contribution in [2.45, 2.75) is 33.5 Å². The molecule has 0 spiro atoms. The second kappa shape index (κ2) is 13.5. The Morgan fingerprint density at radius 3 is 2.34 bits per heavy atom. The van der Waals surface area contributed by atoms with Gasteiger partial charge in [-0.1, -0.05) is 18.2 Å². The minimum Gasteiger partial charge on any atom is -0.484 e. The molecule has 10 heteroatoms. The highest BCUT2D eigenvalue weighted by atomic mass is 127. The van der Waals surface area contributed by atoms with Crippen LogP contribution < -0.4 is 10.1 Å². The van der Waals surface area contributed by atoms with Crippen molar-refractivity contribution in [3.8, 4) is 5.75 Å². The molecule has 0 fully saturated rings. The van der Waals surface area contributed by atoms with Crippen LogP contribution in [0.2, 0.25) is 0 Å². The van der Waals surface area contributed by atoms with Gasteiger partial charge in [-0.2, -0.15) is 13.2 Å². The topological polar surface area (TPSA) is 57.2 Å². The average molecular weight is 530 g/mol. The number of hydrogen-bond donors (Lipinski definition) is 1. The number of carbonyl (C=O) groups is 1. The van der Waals surface area contributed by atoms with E-state index < -0.39 is 12.8 Å². The Kier molecular flexibility index (Phi) is 12.7. The van der Waals surface area contributed by atoms with Crippen molar-refractivity contribution in [1.82, 2.24) is 15.1 Å². The third-order valence-corrected chi connectivity index (χ3v) is 3.95. The molecule has 0 radical (unpaired) electrons. The first-order valence-corrected chi connectivity index (χ1v) is 9.26. The zero-order chi connectivity index (χ0) is 21.2. The van der Waals surface area contributed by atoms with Gasteiger partial charge in [-0.3, -0.25) is 4.79 Å². The van der Waals surface area contributed by atoms with Crippen molar-refractivity contribution in [2.24, 2.45) is 4.99 Å². The van der Waals surface area contributed by atoms with Crippen molar-refractivity contribution in [2.75, 3.05) is 39.8 Å². The number of ether oxygens (including phenoxy) is 1. The van der Waals surface area contributed by atoms with Gasteiger partial charge in [0.1, 0.15) is 5.75 Å². The number of para-hydroxylation sites is 1. The Morgan fingerprint density at radius 2 is 1.79 bits per heavy atom. The fraction of sp³-hybridized carbons (Fsp3) is 0.579. The molecule has 0 bridgehead atoms. The van der Waals surface area contributed by atoms with Gasteiger partial charge in [0, 0.05) is 32.2 Å². The van der Waals surface area contributed by atoms with Gasteiger partial charge in [0.15, 0.2) is 12.6 Å². The van der Waals surface area contributed by atoms with Crippen LogP contribution in [-0.2, 0) is 11.3 Å². The van der Waals surface area contributed by atoms with Gasteiger partial charge < -0.3 is 19.9 Å². The van der Waals surface area contributed by atoms with E-state index in [4.69, 9.17) is 4.74 Å². The summed E-state index contributed by atoms with van der Waals surface area (Å²) in [5, 5.41) is 3.09. The molecule has 1 N–H and O–H groups in total. The SMILES string of the molecule is CCNC(=NCc1ccccc1OCC(F)(F)F)N(C)CC(=O)N(CC)CC.I. The van der Waals surface area contributed by atoms with E-state index in [9.17, 15) is 18.0 Å². The normalized spacial score (nSPS) is 11.5. The number of nitrogens with one attached hydrogen (secondary N) is 1. The summed E-state index contributed by atoms with van der Waals surface area (Å²) >= 11 is 0. The zero-order valence-electron chi connectivity index (χ0n) is 17.3. The summed E-state index contributed by atoms with van der Waals surface area (Å²) in [6.45, 7) is 6.50. The predicted molar refractivity (Wildman–Crippen MR) is 119 cm³/mol. The Morgan fingerprint density at radius 1 is 1.17 bits per heavy atom. The summed E-state index contributed by atoms with van der Waals surface area (Å²) in [4.78, 5) is 20.2. The van der Waals surface area contributed by atoms with Crippen LogP contribution in [-0.4, -0.2) is 67.7 Å². The molecule has 1 rings (SSSR count). The lowest BCUT2D eigenvalue weighted by Gasteiger charge is -2.25. The Hall–Kier alpha value is -1.72. The van der Waals surface area contributed by atoms with Crippen LogP contribution in [0.3, 0.4) is 0 Å². The molecule has 0 aliphatic heterocycles. The van der Waals surface area contributed by atoms with E-state index in [-0.39, 0.29) is 48.7 Å². The minimum absolute atomic E-state index is 0. The Bertz CT molecular complexity index is 653. The molecule has 0 heterocycles. The third kappa shape index (κ3) is 10.0. The molecule has 166 valence electrons. The number of benzene rings is 1. The van der Waals surface area contributed by atoms with Crippen molar-refractivity contribution < 1.29 is 22.7 Å². The summed E-state index contributed by atoms with van der Waals surface area (Å²) in [7, 11) is 1.74. The third-order valence-electron chi connectivity index (χ3n) is 3.95. The summed E-state index contributed by atoms with van der Waals surface area (Å²) in [6.07, 6.45) is -4.41. The van der Waals surface area contributed by atoms with Crippen LogP contribution in [0.4, 0.5) is 13.2 Å². The molecule has 0 aromatic heterocycles. The van der Waals surface area contributed by atoms with Gasteiger partial charge in [0.05, 0.1) is 13.1 Å². The van der Waals surface area contributed by atoms with Gasteiger partial charge in [0.25, 0.3) is 0 Å². The second-order valence-electron chi connectivity index (χ2n) is 6.10. The molecule has 0 unspecified atom stereocenters. The fourth-order valence-corrected chi connectivity index (χ4v) is 2.52. The van der Waals surface area contributed by atoms with Gasteiger partial charge in [0.2, 0.25) is 5.91 Å². The van der Waals surface area contributed by atoms with Crippen molar-refractivity contribution in [3.05, 3.63) is 29.8 Å². The van der Waals surface area contributed by atoms with Crippen LogP contribution in [0.15, 0.2) is 29.3 Å². The summed E-state index contributed by atoms with van der Waals surface area (Å²) < 4.78 is 42.2. The largest absolute Gasteiger partial charge is 0.484 e. The maximum absolute atomic E-state index is 12.4. The molecule has 1 aromatic carbocycles. The molecule has 0 atom stereocenters. The molecule has 0 saturated heterocycles. The van der Waals surface area contributed by atoms with Crippen molar-refractivity contribution in [1.29, 1.82) is 0 Å². The standard InChI is InChI=1S/C19H29F3N4O2.HI/c1-5-23-18(25(4)13-17(27)26(6-2)7-3)24-12-15-10-8-9-11-16(15)28-14-19(20,21)22;/h8-11H,5-7,12-14H2,1-4H3,(H,23,24);1H. The van der Waals surface area contributed by atoms with E-state index in [1.165, 1.54) is 6.07 Å². The van der Waals surface area contributed by atoms with Crippen LogP contribution in [0.25, 0.3) is 0 Å². The van der Waals surface area contributed by atoms with E-state index in [0.717, 1.165) is 0 Å². The monoisotopic (exact) mass is 530 g/mol. The smallest absolute Gasteiger partial charge is 0.422 e. The highest BCUT2D eigenvalue weighted by molar-refractivity contribution is 14.0. The lowest BCUT2D eigenvalue weighted by atomic mass is 10.2. The number of halogens is 4. The summed E-state index contributed by atoms with van der Waals surface area (Å²) in [5.41, 5.74) is 0.533. The molecule has 1 aromatic rings. The molecule has 1 amide bonds. The van der Waals surface area contributed by atoms with Gasteiger partial charge in [-0.25, -0.2) is 4.99 Å². The number of aliphatic imine (C=N–C) groups is 1. The number of guanidine groups is 1. The van der Waals surface area contributed by atoms with Gasteiger partial charge in [-0.15, -0.1) is 24.0 Å². The quantitative estimate of drug-likeness (QED) is 0.302. The molecule has 0 aliphatic carbocycles. The Balaban J connectivity index is 0.00000784. The minimum atomic E-state index is -4.41.